The van der Waals surface area contributed by atoms with Crippen molar-refractivity contribution in [1.29, 1.82) is 0 Å². The number of allylic oxidation sites excluding steroid dienone is 6. The van der Waals surface area contributed by atoms with Gasteiger partial charge < -0.3 is 14.2 Å². The lowest BCUT2D eigenvalue weighted by Gasteiger charge is -2.18. The van der Waals surface area contributed by atoms with Crippen LogP contribution in [-0.4, -0.2) is 37.2 Å². The molecule has 1 atom stereocenters. The van der Waals surface area contributed by atoms with Crippen molar-refractivity contribution in [3.63, 3.8) is 0 Å². The molecule has 0 amide bonds. The Hall–Kier alpha value is -2.37. The van der Waals surface area contributed by atoms with E-state index in [2.05, 4.69) is 57.2 Å². The minimum atomic E-state index is -0.767. The fraction of sp³-hybridized carbons (Fsp3) is 0.847. The number of carbonyl (C=O) groups excluding carboxylic acids is 3. The van der Waals surface area contributed by atoms with Crippen LogP contribution in [0.25, 0.3) is 0 Å². The molecule has 0 aromatic carbocycles. The molecule has 380 valence electrons. The zero-order chi connectivity index (χ0) is 47.2. The summed E-state index contributed by atoms with van der Waals surface area (Å²) in [6, 6.07) is 0. The molecule has 0 saturated carbocycles. The molecule has 6 heteroatoms. The third kappa shape index (κ3) is 52.5. The molecule has 0 aromatic rings. The number of carbonyl (C=O) groups is 3. The van der Waals surface area contributed by atoms with E-state index in [-0.39, 0.29) is 31.1 Å². The summed E-state index contributed by atoms with van der Waals surface area (Å²) in [6.07, 6.45) is 64.3. The first kappa shape index (κ1) is 62.6. The largest absolute Gasteiger partial charge is 0.462 e. The highest BCUT2D eigenvalue weighted by molar-refractivity contribution is 5.71. The van der Waals surface area contributed by atoms with Crippen LogP contribution >= 0.6 is 0 Å². The number of hydrogen-bond acceptors (Lipinski definition) is 6. The van der Waals surface area contributed by atoms with Gasteiger partial charge in [0.05, 0.1) is 0 Å². The van der Waals surface area contributed by atoms with Gasteiger partial charge in [0, 0.05) is 19.3 Å². The number of esters is 3. The number of hydrogen-bond donors (Lipinski definition) is 0. The third-order valence-electron chi connectivity index (χ3n) is 12.6. The van der Waals surface area contributed by atoms with Gasteiger partial charge in [-0.25, -0.2) is 0 Å². The summed E-state index contributed by atoms with van der Waals surface area (Å²) < 4.78 is 16.8. The second-order valence-corrected chi connectivity index (χ2v) is 19.2. The molecule has 65 heavy (non-hydrogen) atoms. The molecule has 0 radical (unpaired) electrons. The second kappa shape index (κ2) is 54.2. The van der Waals surface area contributed by atoms with Crippen molar-refractivity contribution < 1.29 is 28.6 Å². The zero-order valence-corrected chi connectivity index (χ0v) is 43.5. The van der Waals surface area contributed by atoms with E-state index in [1.807, 2.05) is 0 Å². The van der Waals surface area contributed by atoms with Crippen LogP contribution in [0.2, 0.25) is 0 Å². The SMILES string of the molecule is CCCCCCC/C=C\C/C=C\C/C=C\CCCCCCCCCCCCC(=O)OCC(COC(=O)CCCCCCCCCCCCC)OC(=O)CCCCCCCCCCCCC. The van der Waals surface area contributed by atoms with E-state index in [1.165, 1.54) is 193 Å². The summed E-state index contributed by atoms with van der Waals surface area (Å²) in [5.74, 6) is -0.860. The van der Waals surface area contributed by atoms with E-state index >= 15 is 0 Å². The summed E-state index contributed by atoms with van der Waals surface area (Å²) in [4.78, 5) is 38.0. The van der Waals surface area contributed by atoms with E-state index in [0.29, 0.717) is 19.3 Å². The van der Waals surface area contributed by atoms with Gasteiger partial charge in [-0.15, -0.1) is 0 Å². The first-order valence-electron chi connectivity index (χ1n) is 28.5. The van der Waals surface area contributed by atoms with Gasteiger partial charge in [0.15, 0.2) is 6.10 Å². The Balaban J connectivity index is 4.18. The summed E-state index contributed by atoms with van der Waals surface area (Å²) in [6.45, 7) is 6.64. The molecule has 0 heterocycles. The summed E-state index contributed by atoms with van der Waals surface area (Å²) in [5.41, 5.74) is 0. The minimum Gasteiger partial charge on any atom is -0.462 e. The van der Waals surface area contributed by atoms with Gasteiger partial charge in [-0.1, -0.05) is 263 Å². The Morgan fingerprint density at radius 3 is 0.862 bits per heavy atom. The van der Waals surface area contributed by atoms with Crippen molar-refractivity contribution in [3.05, 3.63) is 36.5 Å². The Morgan fingerprint density at radius 1 is 0.308 bits per heavy atom. The molecule has 0 aromatic heterocycles. The molecule has 6 nitrogen and oxygen atoms in total. The van der Waals surface area contributed by atoms with Crippen molar-refractivity contribution in [2.75, 3.05) is 13.2 Å². The number of ether oxygens (including phenoxy) is 3. The van der Waals surface area contributed by atoms with Crippen molar-refractivity contribution in [1.82, 2.24) is 0 Å². The fourth-order valence-electron chi connectivity index (χ4n) is 8.33. The van der Waals surface area contributed by atoms with Crippen LogP contribution in [0.3, 0.4) is 0 Å². The van der Waals surface area contributed by atoms with Crippen LogP contribution in [-0.2, 0) is 28.6 Å². The van der Waals surface area contributed by atoms with Gasteiger partial charge in [0.2, 0.25) is 0 Å². The van der Waals surface area contributed by atoms with Gasteiger partial charge in [0.1, 0.15) is 13.2 Å². The highest BCUT2D eigenvalue weighted by Crippen LogP contribution is 2.16. The summed E-state index contributed by atoms with van der Waals surface area (Å²) in [5, 5.41) is 0. The molecule has 0 rings (SSSR count). The smallest absolute Gasteiger partial charge is 0.306 e. The van der Waals surface area contributed by atoms with E-state index in [1.54, 1.807) is 0 Å². The van der Waals surface area contributed by atoms with Crippen molar-refractivity contribution in [2.45, 2.75) is 309 Å². The molecule has 0 aliphatic heterocycles. The second-order valence-electron chi connectivity index (χ2n) is 19.2. The standard InChI is InChI=1S/C59H108O6/c1-4-7-10-13-16-19-22-23-24-25-26-27-28-29-30-31-32-33-34-35-38-40-43-46-49-52-58(61)64-55-56(65-59(62)53-50-47-44-41-37-21-18-15-12-9-6-3)54-63-57(60)51-48-45-42-39-36-20-17-14-11-8-5-2/h22-23,25-26,28-29,56H,4-21,24,27,30-55H2,1-3H3/b23-22-,26-25-,29-28-. The summed E-state index contributed by atoms with van der Waals surface area (Å²) in [7, 11) is 0. The molecule has 0 fully saturated rings. The minimum absolute atomic E-state index is 0.0686. The highest BCUT2D eigenvalue weighted by atomic mass is 16.6. The van der Waals surface area contributed by atoms with Gasteiger partial charge in [0.25, 0.3) is 0 Å². The van der Waals surface area contributed by atoms with Crippen LogP contribution in [0.5, 0.6) is 0 Å². The van der Waals surface area contributed by atoms with Crippen LogP contribution in [0, 0.1) is 0 Å². The van der Waals surface area contributed by atoms with Crippen LogP contribution in [0.15, 0.2) is 36.5 Å². The lowest BCUT2D eigenvalue weighted by atomic mass is 10.0. The first-order chi connectivity index (χ1) is 32.0. The fourth-order valence-corrected chi connectivity index (χ4v) is 8.33. The maximum Gasteiger partial charge on any atom is 0.306 e. The van der Waals surface area contributed by atoms with Gasteiger partial charge in [-0.05, 0) is 57.8 Å². The van der Waals surface area contributed by atoms with Crippen molar-refractivity contribution in [2.24, 2.45) is 0 Å². The van der Waals surface area contributed by atoms with E-state index in [0.717, 1.165) is 70.6 Å². The lowest BCUT2D eigenvalue weighted by Crippen LogP contribution is -2.30. The predicted molar refractivity (Wildman–Crippen MR) is 279 cm³/mol. The molecular formula is C59H108O6. The molecule has 0 bridgehead atoms. The van der Waals surface area contributed by atoms with E-state index in [9.17, 15) is 14.4 Å². The van der Waals surface area contributed by atoms with Gasteiger partial charge in [-0.3, -0.25) is 14.4 Å². The molecular weight excluding hydrogens is 805 g/mol. The van der Waals surface area contributed by atoms with Crippen molar-refractivity contribution >= 4 is 17.9 Å². The Morgan fingerprint density at radius 2 is 0.554 bits per heavy atom. The van der Waals surface area contributed by atoms with E-state index < -0.39 is 6.10 Å². The quantitative estimate of drug-likeness (QED) is 0.0262. The Kier molecular flexibility index (Phi) is 52.3. The third-order valence-corrected chi connectivity index (χ3v) is 12.6. The molecule has 0 aliphatic carbocycles. The van der Waals surface area contributed by atoms with Crippen LogP contribution < -0.4 is 0 Å². The maximum absolute atomic E-state index is 12.8. The topological polar surface area (TPSA) is 78.9 Å². The molecule has 1 unspecified atom stereocenters. The van der Waals surface area contributed by atoms with Gasteiger partial charge >= 0.3 is 17.9 Å². The average Bonchev–Trinajstić information content (AvgIpc) is 3.30. The summed E-state index contributed by atoms with van der Waals surface area (Å²) >= 11 is 0. The van der Waals surface area contributed by atoms with E-state index in [4.69, 9.17) is 14.2 Å². The molecule has 0 saturated heterocycles. The number of unbranched alkanes of at least 4 members (excludes halogenated alkanes) is 35. The Bertz CT molecular complexity index is 1090. The lowest BCUT2D eigenvalue weighted by molar-refractivity contribution is -0.167. The Labute approximate surface area is 404 Å². The zero-order valence-electron chi connectivity index (χ0n) is 43.5. The molecule has 0 aliphatic rings. The van der Waals surface area contributed by atoms with Crippen molar-refractivity contribution in [3.8, 4) is 0 Å². The van der Waals surface area contributed by atoms with Crippen LogP contribution in [0.1, 0.15) is 303 Å². The van der Waals surface area contributed by atoms with Crippen LogP contribution in [0.4, 0.5) is 0 Å². The average molecular weight is 914 g/mol. The normalized spacial score (nSPS) is 12.2. The molecule has 0 N–H and O–H groups in total. The van der Waals surface area contributed by atoms with Gasteiger partial charge in [-0.2, -0.15) is 0 Å². The molecule has 0 spiro atoms. The maximum atomic E-state index is 12.8. The number of rotatable bonds is 52. The monoisotopic (exact) mass is 913 g/mol. The predicted octanol–water partition coefficient (Wildman–Crippen LogP) is 18.9. The first-order valence-corrected chi connectivity index (χ1v) is 28.5. The highest BCUT2D eigenvalue weighted by Gasteiger charge is 2.19.